The molecule has 1 saturated carbocycles. The zero-order valence-electron chi connectivity index (χ0n) is 7.20. The van der Waals surface area contributed by atoms with Gasteiger partial charge in [-0.2, -0.15) is 0 Å². The van der Waals surface area contributed by atoms with Gasteiger partial charge in [0.1, 0.15) is 0 Å². The summed E-state index contributed by atoms with van der Waals surface area (Å²) < 4.78 is 0. The molecule has 1 fully saturated rings. The van der Waals surface area contributed by atoms with Crippen LogP contribution in [0.25, 0.3) is 0 Å². The summed E-state index contributed by atoms with van der Waals surface area (Å²) in [7, 11) is 1.75. The van der Waals surface area contributed by atoms with Crippen LogP contribution in [0.3, 0.4) is 0 Å². The van der Waals surface area contributed by atoms with Crippen molar-refractivity contribution in [3.05, 3.63) is 5.01 Å². The second kappa shape index (κ2) is 3.29. The third-order valence-corrected chi connectivity index (χ3v) is 2.69. The molecule has 1 heterocycles. The molecule has 6 heteroatoms. The van der Waals surface area contributed by atoms with Gasteiger partial charge in [-0.05, 0) is 12.8 Å². The molecular weight excluding hydrogens is 188 g/mol. The van der Waals surface area contributed by atoms with E-state index in [0.717, 1.165) is 12.8 Å². The minimum Gasteiger partial charge on any atom is -0.363 e. The van der Waals surface area contributed by atoms with E-state index in [1.165, 1.54) is 11.3 Å². The Morgan fingerprint density at radius 3 is 2.85 bits per heavy atom. The molecule has 0 radical (unpaired) electrons. The highest BCUT2D eigenvalue weighted by Gasteiger charge is 2.25. The summed E-state index contributed by atoms with van der Waals surface area (Å²) in [5.74, 6) is -0.110. The zero-order valence-corrected chi connectivity index (χ0v) is 8.02. The van der Waals surface area contributed by atoms with Crippen LogP contribution in [-0.2, 0) is 0 Å². The zero-order chi connectivity index (χ0) is 9.26. The Morgan fingerprint density at radius 1 is 1.54 bits per heavy atom. The standard InChI is InChI=1S/C7H10N4OS/c1-8-7-11-10-6(13-7)5(12)9-4-2-3-4/h4H,2-3H2,1H3,(H,8,11)(H,9,12). The molecule has 13 heavy (non-hydrogen) atoms. The summed E-state index contributed by atoms with van der Waals surface area (Å²) in [6, 6.07) is 0.370. The molecule has 5 nitrogen and oxygen atoms in total. The third-order valence-electron chi connectivity index (χ3n) is 1.75. The molecule has 0 atom stereocenters. The van der Waals surface area contributed by atoms with Gasteiger partial charge in [0.15, 0.2) is 0 Å². The van der Waals surface area contributed by atoms with Crippen molar-refractivity contribution in [2.45, 2.75) is 18.9 Å². The molecule has 2 N–H and O–H groups in total. The molecule has 1 amide bonds. The first-order valence-electron chi connectivity index (χ1n) is 4.11. The smallest absolute Gasteiger partial charge is 0.282 e. The fourth-order valence-electron chi connectivity index (χ4n) is 0.891. The first-order chi connectivity index (χ1) is 6.29. The lowest BCUT2D eigenvalue weighted by Crippen LogP contribution is -2.25. The monoisotopic (exact) mass is 198 g/mol. The predicted molar refractivity (Wildman–Crippen MR) is 49.9 cm³/mol. The van der Waals surface area contributed by atoms with E-state index >= 15 is 0 Å². The summed E-state index contributed by atoms with van der Waals surface area (Å²) in [6.45, 7) is 0. The van der Waals surface area contributed by atoms with Crippen molar-refractivity contribution >= 4 is 22.4 Å². The maximum absolute atomic E-state index is 11.4. The van der Waals surface area contributed by atoms with Crippen molar-refractivity contribution in [1.82, 2.24) is 15.5 Å². The minimum absolute atomic E-state index is 0.110. The van der Waals surface area contributed by atoms with Crippen LogP contribution in [0.5, 0.6) is 0 Å². The summed E-state index contributed by atoms with van der Waals surface area (Å²) in [4.78, 5) is 11.4. The number of rotatable bonds is 3. The SMILES string of the molecule is CNc1nnc(C(=O)NC2CC2)s1. The molecule has 70 valence electrons. The van der Waals surface area contributed by atoms with Crippen molar-refractivity contribution in [3.63, 3.8) is 0 Å². The van der Waals surface area contributed by atoms with Crippen molar-refractivity contribution < 1.29 is 4.79 Å². The topological polar surface area (TPSA) is 66.9 Å². The Balaban J connectivity index is 2.01. The van der Waals surface area contributed by atoms with Crippen LogP contribution >= 0.6 is 11.3 Å². The van der Waals surface area contributed by atoms with Gasteiger partial charge >= 0.3 is 0 Å². The minimum atomic E-state index is -0.110. The van der Waals surface area contributed by atoms with Crippen molar-refractivity contribution in [1.29, 1.82) is 0 Å². The Hall–Kier alpha value is -1.17. The number of anilines is 1. The summed E-state index contributed by atoms with van der Waals surface area (Å²) in [5, 5.41) is 14.3. The highest BCUT2D eigenvalue weighted by Crippen LogP contribution is 2.20. The van der Waals surface area contributed by atoms with Gasteiger partial charge in [0.05, 0.1) is 0 Å². The van der Waals surface area contributed by atoms with Gasteiger partial charge in [-0.3, -0.25) is 4.79 Å². The number of hydrogen-bond donors (Lipinski definition) is 2. The van der Waals surface area contributed by atoms with E-state index in [4.69, 9.17) is 0 Å². The molecule has 1 aromatic rings. The highest BCUT2D eigenvalue weighted by molar-refractivity contribution is 7.17. The first kappa shape index (κ1) is 8.43. The molecule has 0 saturated heterocycles. The normalized spacial score (nSPS) is 15.5. The fourth-order valence-corrected chi connectivity index (χ4v) is 1.49. The number of hydrogen-bond acceptors (Lipinski definition) is 5. The van der Waals surface area contributed by atoms with Gasteiger partial charge in [-0.1, -0.05) is 11.3 Å². The maximum atomic E-state index is 11.4. The maximum Gasteiger partial charge on any atom is 0.282 e. The molecule has 0 aromatic carbocycles. The second-order valence-corrected chi connectivity index (χ2v) is 3.89. The van der Waals surface area contributed by atoms with Crippen LogP contribution in [-0.4, -0.2) is 29.2 Å². The quantitative estimate of drug-likeness (QED) is 0.741. The van der Waals surface area contributed by atoms with Crippen molar-refractivity contribution in [2.24, 2.45) is 0 Å². The number of carbonyl (C=O) groups excluding carboxylic acids is 1. The van der Waals surface area contributed by atoms with Gasteiger partial charge in [-0.15, -0.1) is 10.2 Å². The lowest BCUT2D eigenvalue weighted by Gasteiger charge is -1.96. The summed E-state index contributed by atoms with van der Waals surface area (Å²) >= 11 is 1.27. The van der Waals surface area contributed by atoms with E-state index in [-0.39, 0.29) is 5.91 Å². The molecule has 2 rings (SSSR count). The van der Waals surface area contributed by atoms with E-state index in [1.807, 2.05) is 0 Å². The lowest BCUT2D eigenvalue weighted by atomic mass is 10.6. The van der Waals surface area contributed by atoms with Crippen LogP contribution in [0.1, 0.15) is 22.6 Å². The molecule has 0 bridgehead atoms. The summed E-state index contributed by atoms with van der Waals surface area (Å²) in [5.41, 5.74) is 0. The molecule has 1 aliphatic carbocycles. The van der Waals surface area contributed by atoms with E-state index < -0.39 is 0 Å². The van der Waals surface area contributed by atoms with E-state index in [0.29, 0.717) is 16.2 Å². The number of aromatic nitrogens is 2. The summed E-state index contributed by atoms with van der Waals surface area (Å²) in [6.07, 6.45) is 2.17. The molecule has 1 aliphatic rings. The third kappa shape index (κ3) is 1.95. The first-order valence-corrected chi connectivity index (χ1v) is 4.93. The second-order valence-electron chi connectivity index (χ2n) is 2.91. The van der Waals surface area contributed by atoms with Crippen LogP contribution < -0.4 is 10.6 Å². The molecule has 0 unspecified atom stereocenters. The molecule has 1 aromatic heterocycles. The van der Waals surface area contributed by atoms with Crippen LogP contribution in [0.4, 0.5) is 5.13 Å². The highest BCUT2D eigenvalue weighted by atomic mass is 32.1. The van der Waals surface area contributed by atoms with Crippen LogP contribution in [0, 0.1) is 0 Å². The number of nitrogens with zero attached hydrogens (tertiary/aromatic N) is 2. The largest absolute Gasteiger partial charge is 0.363 e. The number of amides is 1. The van der Waals surface area contributed by atoms with E-state index in [9.17, 15) is 4.79 Å². The predicted octanol–water partition coefficient (Wildman–Crippen LogP) is 0.472. The van der Waals surface area contributed by atoms with E-state index in [1.54, 1.807) is 7.05 Å². The average Bonchev–Trinajstić information content (AvgIpc) is 2.82. The Labute approximate surface area is 79.6 Å². The number of nitrogens with one attached hydrogen (secondary N) is 2. The Kier molecular flexibility index (Phi) is 2.13. The van der Waals surface area contributed by atoms with Gasteiger partial charge in [0.25, 0.3) is 5.91 Å². The Bertz CT molecular complexity index is 320. The molecule has 0 spiro atoms. The van der Waals surface area contributed by atoms with Gasteiger partial charge < -0.3 is 10.6 Å². The molecule has 0 aliphatic heterocycles. The molecular formula is C7H10N4OS. The van der Waals surface area contributed by atoms with Crippen LogP contribution in [0.15, 0.2) is 0 Å². The Morgan fingerprint density at radius 2 is 2.31 bits per heavy atom. The number of carbonyl (C=O) groups is 1. The van der Waals surface area contributed by atoms with E-state index in [2.05, 4.69) is 20.8 Å². The van der Waals surface area contributed by atoms with Gasteiger partial charge in [0.2, 0.25) is 10.1 Å². The van der Waals surface area contributed by atoms with Crippen LogP contribution in [0.2, 0.25) is 0 Å². The lowest BCUT2D eigenvalue weighted by molar-refractivity contribution is 0.0950. The average molecular weight is 198 g/mol. The van der Waals surface area contributed by atoms with Crippen molar-refractivity contribution in [2.75, 3.05) is 12.4 Å². The fraction of sp³-hybridized carbons (Fsp3) is 0.571. The van der Waals surface area contributed by atoms with Gasteiger partial charge in [-0.25, -0.2) is 0 Å². The van der Waals surface area contributed by atoms with Gasteiger partial charge in [0, 0.05) is 13.1 Å². The van der Waals surface area contributed by atoms with Crippen molar-refractivity contribution in [3.8, 4) is 0 Å².